The Labute approximate surface area is 316 Å². The van der Waals surface area contributed by atoms with Crippen molar-refractivity contribution >= 4 is 67.9 Å². The Kier molecular flexibility index (Phi) is 10.1. The van der Waals surface area contributed by atoms with E-state index in [-0.39, 0.29) is 13.1 Å². The Morgan fingerprint density at radius 1 is 0.426 bits per heavy atom. The van der Waals surface area contributed by atoms with Crippen LogP contribution in [0.25, 0.3) is 44.1 Å². The number of hydrogen-bond acceptors (Lipinski definition) is 7. The Morgan fingerprint density at radius 2 is 0.667 bits per heavy atom. The first-order valence-corrected chi connectivity index (χ1v) is 19.6. The van der Waals surface area contributed by atoms with E-state index in [1.807, 2.05) is 24.3 Å². The van der Waals surface area contributed by atoms with Gasteiger partial charge in [0.1, 0.15) is 0 Å². The summed E-state index contributed by atoms with van der Waals surface area (Å²) in [7, 11) is 0. The lowest BCUT2D eigenvalue weighted by Crippen LogP contribution is -2.40. The smallest absolute Gasteiger partial charge is 0.213 e. The van der Waals surface area contributed by atoms with Crippen LogP contribution >= 0.6 is 0 Å². The molecule has 0 aliphatic rings. The molecule has 0 bridgehead atoms. The summed E-state index contributed by atoms with van der Waals surface area (Å²) in [5.41, 5.74) is 7.93. The highest BCUT2D eigenvalue weighted by Crippen LogP contribution is 2.35. The number of benzene rings is 4. The molecule has 0 aliphatic heterocycles. The normalized spacial score (nSPS) is 12.0. The SMILES string of the molecule is CCCn1c(N(CC(O)CN(c2nc3ccccc3n2CCC)c2nc3ccccc3n2CCC)c2nc3ccccc3n2CCC)nc2ccccc21. The van der Waals surface area contributed by atoms with Gasteiger partial charge in [0, 0.05) is 26.2 Å². The molecule has 8 aromatic rings. The lowest BCUT2D eigenvalue weighted by Gasteiger charge is -2.30. The monoisotopic (exact) mass is 722 g/mol. The second-order valence-electron chi connectivity index (χ2n) is 14.1. The van der Waals surface area contributed by atoms with Gasteiger partial charge in [-0.2, -0.15) is 0 Å². The standard InChI is InChI=1S/C43H50N10O/c1-5-25-48-36-21-13-9-17-32(36)44-40(48)52(41-45-33-18-10-14-22-37(33)49(41)26-6-2)29-31(54)30-53(42-46-34-19-11-15-23-38(34)50(42)27-7-3)43-47-35-20-12-16-24-39(35)51(43)28-8-4/h9-24,31,54H,5-8,25-30H2,1-4H3. The lowest BCUT2D eigenvalue weighted by molar-refractivity contribution is 0.188. The predicted molar refractivity (Wildman–Crippen MR) is 220 cm³/mol. The summed E-state index contributed by atoms with van der Waals surface area (Å²) in [6.45, 7) is 12.4. The fourth-order valence-electron chi connectivity index (χ4n) is 7.84. The van der Waals surface area contributed by atoms with E-state index in [9.17, 15) is 5.11 Å². The molecule has 0 atom stereocenters. The number of fused-ring (bicyclic) bond motifs is 4. The van der Waals surface area contributed by atoms with E-state index >= 15 is 0 Å². The molecule has 4 aromatic carbocycles. The fourth-order valence-corrected chi connectivity index (χ4v) is 7.84. The van der Waals surface area contributed by atoms with Crippen LogP contribution in [0, 0.1) is 0 Å². The minimum atomic E-state index is -0.862. The van der Waals surface area contributed by atoms with E-state index < -0.39 is 6.10 Å². The maximum absolute atomic E-state index is 12.6. The van der Waals surface area contributed by atoms with Crippen molar-refractivity contribution in [1.82, 2.24) is 38.2 Å². The second kappa shape index (κ2) is 15.4. The van der Waals surface area contributed by atoms with E-state index in [2.05, 4.69) is 129 Å². The first-order valence-electron chi connectivity index (χ1n) is 19.6. The van der Waals surface area contributed by atoms with Gasteiger partial charge in [0.05, 0.1) is 63.3 Å². The van der Waals surface area contributed by atoms with Crippen molar-refractivity contribution in [3.05, 3.63) is 97.1 Å². The van der Waals surface area contributed by atoms with E-state index in [0.29, 0.717) is 0 Å². The number of aliphatic hydroxyl groups is 1. The molecule has 0 unspecified atom stereocenters. The molecule has 4 heterocycles. The molecule has 0 fully saturated rings. The Morgan fingerprint density at radius 3 is 0.907 bits per heavy atom. The number of aromatic nitrogens is 8. The minimum absolute atomic E-state index is 0.249. The highest BCUT2D eigenvalue weighted by Gasteiger charge is 2.30. The van der Waals surface area contributed by atoms with Crippen molar-refractivity contribution in [1.29, 1.82) is 0 Å². The topological polar surface area (TPSA) is 98.0 Å². The van der Waals surface area contributed by atoms with E-state index in [1.165, 1.54) is 0 Å². The molecule has 278 valence electrons. The molecule has 0 spiro atoms. The molecule has 8 rings (SSSR count). The van der Waals surface area contributed by atoms with Gasteiger partial charge < -0.3 is 23.4 Å². The van der Waals surface area contributed by atoms with Crippen LogP contribution in [-0.4, -0.2) is 62.5 Å². The molecule has 0 aliphatic carbocycles. The van der Waals surface area contributed by atoms with Crippen molar-refractivity contribution in [3.8, 4) is 0 Å². The zero-order valence-electron chi connectivity index (χ0n) is 31.8. The van der Waals surface area contributed by atoms with Crippen LogP contribution in [0.15, 0.2) is 97.1 Å². The van der Waals surface area contributed by atoms with Gasteiger partial charge >= 0.3 is 0 Å². The molecular formula is C43H50N10O. The number of aliphatic hydroxyl groups excluding tert-OH is 1. The van der Waals surface area contributed by atoms with Crippen LogP contribution < -0.4 is 9.80 Å². The molecule has 0 saturated carbocycles. The summed E-state index contributed by atoms with van der Waals surface area (Å²) in [5.74, 6) is 3.08. The van der Waals surface area contributed by atoms with E-state index in [0.717, 1.165) is 120 Å². The maximum Gasteiger partial charge on any atom is 0.213 e. The predicted octanol–water partition coefficient (Wildman–Crippen LogP) is 9.06. The van der Waals surface area contributed by atoms with Crippen molar-refractivity contribution in [2.75, 3.05) is 22.9 Å². The zero-order valence-corrected chi connectivity index (χ0v) is 31.8. The van der Waals surface area contributed by atoms with E-state index in [1.54, 1.807) is 0 Å². The van der Waals surface area contributed by atoms with Gasteiger partial charge in [0.15, 0.2) is 0 Å². The number of para-hydroxylation sites is 8. The molecular weight excluding hydrogens is 673 g/mol. The molecule has 1 N–H and O–H groups in total. The van der Waals surface area contributed by atoms with Gasteiger partial charge in [-0.05, 0) is 74.2 Å². The van der Waals surface area contributed by atoms with Gasteiger partial charge in [-0.3, -0.25) is 9.80 Å². The van der Waals surface area contributed by atoms with Crippen LogP contribution in [0.4, 0.5) is 23.8 Å². The first-order chi connectivity index (χ1) is 26.5. The van der Waals surface area contributed by atoms with Crippen molar-refractivity contribution in [2.45, 2.75) is 85.7 Å². The highest BCUT2D eigenvalue weighted by atomic mass is 16.3. The molecule has 0 radical (unpaired) electrons. The minimum Gasteiger partial charge on any atom is -0.389 e. The van der Waals surface area contributed by atoms with Crippen molar-refractivity contribution in [2.24, 2.45) is 0 Å². The van der Waals surface area contributed by atoms with Crippen molar-refractivity contribution in [3.63, 3.8) is 0 Å². The molecule has 0 amide bonds. The Balaban J connectivity index is 1.29. The summed E-state index contributed by atoms with van der Waals surface area (Å²) >= 11 is 0. The summed E-state index contributed by atoms with van der Waals surface area (Å²) in [6.07, 6.45) is 2.88. The van der Waals surface area contributed by atoms with Gasteiger partial charge in [-0.1, -0.05) is 76.2 Å². The largest absolute Gasteiger partial charge is 0.389 e. The molecule has 4 aromatic heterocycles. The molecule has 54 heavy (non-hydrogen) atoms. The lowest BCUT2D eigenvalue weighted by atomic mass is 10.3. The zero-order chi connectivity index (χ0) is 37.2. The van der Waals surface area contributed by atoms with Gasteiger partial charge in [-0.25, -0.2) is 19.9 Å². The molecule has 0 saturated heterocycles. The third-order valence-electron chi connectivity index (χ3n) is 10.1. The van der Waals surface area contributed by atoms with Crippen LogP contribution in [0.1, 0.15) is 53.4 Å². The Hall–Kier alpha value is -5.68. The number of anilines is 4. The second-order valence-corrected chi connectivity index (χ2v) is 14.1. The van der Waals surface area contributed by atoms with Crippen molar-refractivity contribution < 1.29 is 5.11 Å². The number of aryl methyl sites for hydroxylation is 4. The fraction of sp³-hybridized carbons (Fsp3) is 0.349. The number of imidazole rings is 4. The van der Waals surface area contributed by atoms with Crippen LogP contribution in [0.5, 0.6) is 0 Å². The van der Waals surface area contributed by atoms with Gasteiger partial charge in [0.25, 0.3) is 0 Å². The van der Waals surface area contributed by atoms with Crippen LogP contribution in [0.2, 0.25) is 0 Å². The number of nitrogens with zero attached hydrogens (tertiary/aromatic N) is 10. The summed E-state index contributed by atoms with van der Waals surface area (Å²) < 4.78 is 9.10. The van der Waals surface area contributed by atoms with Gasteiger partial charge in [0.2, 0.25) is 23.8 Å². The van der Waals surface area contributed by atoms with E-state index in [4.69, 9.17) is 19.9 Å². The third-order valence-corrected chi connectivity index (χ3v) is 10.1. The van der Waals surface area contributed by atoms with Gasteiger partial charge in [-0.15, -0.1) is 0 Å². The average Bonchev–Trinajstić information content (AvgIpc) is 3.95. The highest BCUT2D eigenvalue weighted by molar-refractivity contribution is 5.84. The average molecular weight is 723 g/mol. The van der Waals surface area contributed by atoms with Crippen LogP contribution in [-0.2, 0) is 26.2 Å². The molecule has 11 nitrogen and oxygen atoms in total. The first kappa shape index (κ1) is 35.4. The number of rotatable bonds is 16. The molecule has 11 heteroatoms. The Bertz CT molecular complexity index is 2180. The maximum atomic E-state index is 12.6. The summed E-state index contributed by atoms with van der Waals surface area (Å²) in [6, 6.07) is 33.1. The summed E-state index contributed by atoms with van der Waals surface area (Å²) in [5, 5.41) is 12.6. The quantitative estimate of drug-likeness (QED) is 0.106. The number of hydrogen-bond donors (Lipinski definition) is 1. The summed E-state index contributed by atoms with van der Waals surface area (Å²) in [4.78, 5) is 25.2. The van der Waals surface area contributed by atoms with Crippen LogP contribution in [0.3, 0.4) is 0 Å². The third kappa shape index (κ3) is 6.36.